The van der Waals surface area contributed by atoms with Gasteiger partial charge in [0.1, 0.15) is 0 Å². The van der Waals surface area contributed by atoms with E-state index >= 15 is 0 Å². The number of nitrogens with one attached hydrogen (secondary N) is 1. The third-order valence-corrected chi connectivity index (χ3v) is 2.64. The van der Waals surface area contributed by atoms with Crippen LogP contribution in [0.4, 0.5) is 0 Å². The van der Waals surface area contributed by atoms with Crippen molar-refractivity contribution in [3.8, 4) is 0 Å². The van der Waals surface area contributed by atoms with Crippen LogP contribution in [0.2, 0.25) is 0 Å². The van der Waals surface area contributed by atoms with E-state index < -0.39 is 0 Å². The highest BCUT2D eigenvalue weighted by Crippen LogP contribution is 2.19. The first kappa shape index (κ1) is 11.0. The summed E-state index contributed by atoms with van der Waals surface area (Å²) in [5.74, 6) is 0.451. The normalized spacial score (nSPS) is 22.4. The molecule has 1 unspecified atom stereocenters. The summed E-state index contributed by atoms with van der Waals surface area (Å²) < 4.78 is 4.57. The molecule has 1 aliphatic heterocycles. The molecule has 1 amide bonds. The van der Waals surface area contributed by atoms with Crippen LogP contribution in [0.1, 0.15) is 32.1 Å². The second-order valence-electron chi connectivity index (χ2n) is 3.66. The van der Waals surface area contributed by atoms with Crippen molar-refractivity contribution in [1.82, 2.24) is 5.32 Å². The zero-order chi connectivity index (χ0) is 10.4. The van der Waals surface area contributed by atoms with Gasteiger partial charge >= 0.3 is 5.97 Å². The molecule has 0 aromatic rings. The molecule has 1 fully saturated rings. The highest BCUT2D eigenvalue weighted by atomic mass is 16.5. The Bertz CT molecular complexity index is 215. The number of amides is 1. The van der Waals surface area contributed by atoms with E-state index in [-0.39, 0.29) is 11.9 Å². The van der Waals surface area contributed by atoms with Gasteiger partial charge < -0.3 is 10.1 Å². The van der Waals surface area contributed by atoms with Crippen LogP contribution in [0.3, 0.4) is 0 Å². The summed E-state index contributed by atoms with van der Waals surface area (Å²) in [6, 6.07) is 0. The minimum absolute atomic E-state index is 0.130. The summed E-state index contributed by atoms with van der Waals surface area (Å²) in [6.07, 6.45) is 3.76. The molecule has 1 atom stereocenters. The largest absolute Gasteiger partial charge is 0.469 e. The zero-order valence-electron chi connectivity index (χ0n) is 8.54. The molecule has 1 heterocycles. The second-order valence-corrected chi connectivity index (χ2v) is 3.66. The Hall–Kier alpha value is -1.06. The van der Waals surface area contributed by atoms with Gasteiger partial charge in [0.15, 0.2) is 0 Å². The number of carbonyl (C=O) groups excluding carboxylic acids is 2. The third kappa shape index (κ3) is 3.77. The minimum Gasteiger partial charge on any atom is -0.469 e. The van der Waals surface area contributed by atoms with Gasteiger partial charge in [-0.1, -0.05) is 0 Å². The second kappa shape index (κ2) is 5.62. The van der Waals surface area contributed by atoms with Gasteiger partial charge in [-0.05, 0) is 25.2 Å². The first-order valence-corrected chi connectivity index (χ1v) is 5.06. The fourth-order valence-corrected chi connectivity index (χ4v) is 1.70. The van der Waals surface area contributed by atoms with E-state index in [1.165, 1.54) is 7.11 Å². The lowest BCUT2D eigenvalue weighted by molar-refractivity contribution is -0.141. The van der Waals surface area contributed by atoms with Gasteiger partial charge in [0.25, 0.3) is 0 Å². The molecule has 0 aliphatic carbocycles. The maximum atomic E-state index is 11.0. The molecular weight excluding hydrogens is 182 g/mol. The molecule has 0 radical (unpaired) electrons. The van der Waals surface area contributed by atoms with Crippen LogP contribution in [-0.2, 0) is 14.3 Å². The Morgan fingerprint density at radius 1 is 1.57 bits per heavy atom. The van der Waals surface area contributed by atoms with Crippen molar-refractivity contribution in [3.63, 3.8) is 0 Å². The van der Waals surface area contributed by atoms with Crippen molar-refractivity contribution in [3.05, 3.63) is 0 Å². The van der Waals surface area contributed by atoms with Crippen LogP contribution in [0, 0.1) is 5.92 Å². The van der Waals surface area contributed by atoms with Gasteiger partial charge in [0.05, 0.1) is 7.11 Å². The molecule has 4 heteroatoms. The molecule has 4 nitrogen and oxygen atoms in total. The van der Waals surface area contributed by atoms with E-state index in [9.17, 15) is 9.59 Å². The van der Waals surface area contributed by atoms with E-state index in [1.807, 2.05) is 0 Å². The van der Waals surface area contributed by atoms with Gasteiger partial charge in [-0.2, -0.15) is 0 Å². The fraction of sp³-hybridized carbons (Fsp3) is 0.800. The Labute approximate surface area is 84.0 Å². The van der Waals surface area contributed by atoms with Crippen LogP contribution in [0.25, 0.3) is 0 Å². The first-order chi connectivity index (χ1) is 6.72. The fourth-order valence-electron chi connectivity index (χ4n) is 1.70. The Morgan fingerprint density at radius 3 is 3.07 bits per heavy atom. The van der Waals surface area contributed by atoms with Crippen molar-refractivity contribution in [1.29, 1.82) is 0 Å². The predicted molar refractivity (Wildman–Crippen MR) is 51.6 cm³/mol. The molecule has 0 aromatic heterocycles. The third-order valence-electron chi connectivity index (χ3n) is 2.64. The summed E-state index contributed by atoms with van der Waals surface area (Å²) in [6.45, 7) is 0.741. The number of carbonyl (C=O) groups is 2. The van der Waals surface area contributed by atoms with Gasteiger partial charge in [-0.15, -0.1) is 0 Å². The van der Waals surface area contributed by atoms with Crippen molar-refractivity contribution in [2.24, 2.45) is 5.92 Å². The molecule has 80 valence electrons. The number of ether oxygens (including phenoxy) is 1. The van der Waals surface area contributed by atoms with E-state index in [1.54, 1.807) is 0 Å². The number of rotatable bonds is 3. The summed E-state index contributed by atoms with van der Waals surface area (Å²) in [7, 11) is 1.40. The lowest BCUT2D eigenvalue weighted by Crippen LogP contribution is -2.21. The molecule has 0 aromatic carbocycles. The van der Waals surface area contributed by atoms with Crippen molar-refractivity contribution >= 4 is 11.9 Å². The number of esters is 1. The number of methoxy groups -OCH3 is 1. The van der Waals surface area contributed by atoms with Crippen LogP contribution in [-0.4, -0.2) is 25.5 Å². The van der Waals surface area contributed by atoms with Gasteiger partial charge in [-0.3, -0.25) is 9.59 Å². The monoisotopic (exact) mass is 199 g/mol. The van der Waals surface area contributed by atoms with Gasteiger partial charge in [0, 0.05) is 19.4 Å². The highest BCUT2D eigenvalue weighted by molar-refractivity contribution is 5.76. The quantitative estimate of drug-likeness (QED) is 0.686. The molecule has 0 bridgehead atoms. The minimum atomic E-state index is -0.159. The lowest BCUT2D eigenvalue weighted by atomic mass is 9.95. The molecule has 1 N–H and O–H groups in total. The zero-order valence-corrected chi connectivity index (χ0v) is 8.54. The molecule has 0 saturated carbocycles. The standard InChI is InChI=1S/C10H17NO3/c1-14-10(13)5-3-8-2-4-9(12)11-7-6-8/h8H,2-7H2,1H3,(H,11,12). The van der Waals surface area contributed by atoms with E-state index in [2.05, 4.69) is 10.1 Å². The summed E-state index contributed by atoms with van der Waals surface area (Å²) in [5.41, 5.74) is 0. The molecule has 0 spiro atoms. The van der Waals surface area contributed by atoms with Crippen molar-refractivity contribution in [2.75, 3.05) is 13.7 Å². The molecule has 1 aliphatic rings. The maximum absolute atomic E-state index is 11.0. The Morgan fingerprint density at radius 2 is 2.36 bits per heavy atom. The summed E-state index contributed by atoms with van der Waals surface area (Å²) in [5, 5.41) is 2.82. The smallest absolute Gasteiger partial charge is 0.305 e. The molecule has 1 rings (SSSR count). The summed E-state index contributed by atoms with van der Waals surface area (Å²) in [4.78, 5) is 21.9. The maximum Gasteiger partial charge on any atom is 0.305 e. The number of hydrogen-bond donors (Lipinski definition) is 1. The average molecular weight is 199 g/mol. The topological polar surface area (TPSA) is 55.4 Å². The van der Waals surface area contributed by atoms with E-state index in [0.29, 0.717) is 18.8 Å². The Kier molecular flexibility index (Phi) is 4.43. The van der Waals surface area contributed by atoms with Crippen LogP contribution >= 0.6 is 0 Å². The Balaban J connectivity index is 2.23. The van der Waals surface area contributed by atoms with Crippen molar-refractivity contribution in [2.45, 2.75) is 32.1 Å². The summed E-state index contributed by atoms with van der Waals surface area (Å²) >= 11 is 0. The van der Waals surface area contributed by atoms with E-state index in [0.717, 1.165) is 25.8 Å². The predicted octanol–water partition coefficient (Wildman–Crippen LogP) is 0.856. The molecule has 1 saturated heterocycles. The molecule has 14 heavy (non-hydrogen) atoms. The van der Waals surface area contributed by atoms with Crippen LogP contribution in [0.5, 0.6) is 0 Å². The van der Waals surface area contributed by atoms with E-state index in [4.69, 9.17) is 0 Å². The van der Waals surface area contributed by atoms with Crippen LogP contribution in [0.15, 0.2) is 0 Å². The first-order valence-electron chi connectivity index (χ1n) is 5.06. The number of hydrogen-bond acceptors (Lipinski definition) is 3. The molecular formula is C10H17NO3. The van der Waals surface area contributed by atoms with Gasteiger partial charge in [-0.25, -0.2) is 0 Å². The van der Waals surface area contributed by atoms with Gasteiger partial charge in [0.2, 0.25) is 5.91 Å². The lowest BCUT2D eigenvalue weighted by Gasteiger charge is -2.11. The average Bonchev–Trinajstić information content (AvgIpc) is 2.39. The van der Waals surface area contributed by atoms with Crippen LogP contribution < -0.4 is 5.32 Å². The SMILES string of the molecule is COC(=O)CCC1CCNC(=O)CC1. The highest BCUT2D eigenvalue weighted by Gasteiger charge is 2.16. The van der Waals surface area contributed by atoms with Crippen molar-refractivity contribution < 1.29 is 14.3 Å².